The van der Waals surface area contributed by atoms with Gasteiger partial charge in [0.15, 0.2) is 0 Å². The van der Waals surface area contributed by atoms with Crippen molar-refractivity contribution >= 4 is 17.9 Å². The summed E-state index contributed by atoms with van der Waals surface area (Å²) >= 11 is 0. The number of hydrogen-bond donors (Lipinski definition) is 2. The highest BCUT2D eigenvalue weighted by atomic mass is 16.6. The molecule has 0 aromatic heterocycles. The molecule has 2 unspecified atom stereocenters. The standard InChI is InChI=1S/C24H33N3O6/c1-23(2,3)33-22(30)27-10-9-24(15-27)8-4-5-18(24)21(29)26-11-12-32-19-13-16(20(28)25-31)6-7-17(19)14-26/h6-7,13,18,31H,4-5,8-12,14-15H2,1-3H3,(H,25,28). The molecule has 1 aliphatic carbocycles. The van der Waals surface area contributed by atoms with Gasteiger partial charge in [-0.1, -0.05) is 12.5 Å². The Bertz CT molecular complexity index is 943. The van der Waals surface area contributed by atoms with E-state index in [4.69, 9.17) is 14.7 Å². The summed E-state index contributed by atoms with van der Waals surface area (Å²) in [6.07, 6.45) is 3.23. The van der Waals surface area contributed by atoms with Gasteiger partial charge in [0.05, 0.1) is 6.54 Å². The molecule has 9 heteroatoms. The number of nitrogens with one attached hydrogen (secondary N) is 1. The van der Waals surface area contributed by atoms with Crippen LogP contribution in [0, 0.1) is 11.3 Å². The first kappa shape index (κ1) is 23.4. The van der Waals surface area contributed by atoms with Crippen molar-refractivity contribution in [3.8, 4) is 5.75 Å². The summed E-state index contributed by atoms with van der Waals surface area (Å²) in [5, 5.41) is 8.87. The van der Waals surface area contributed by atoms with E-state index in [0.29, 0.717) is 44.1 Å². The summed E-state index contributed by atoms with van der Waals surface area (Å²) < 4.78 is 11.4. The van der Waals surface area contributed by atoms with E-state index in [1.807, 2.05) is 25.7 Å². The Hall–Kier alpha value is -2.81. The van der Waals surface area contributed by atoms with E-state index < -0.39 is 11.5 Å². The van der Waals surface area contributed by atoms with Crippen LogP contribution in [0.25, 0.3) is 0 Å². The number of benzene rings is 1. The third-order valence-corrected chi connectivity index (χ3v) is 6.96. The molecule has 180 valence electrons. The lowest BCUT2D eigenvalue weighted by Gasteiger charge is -2.34. The first-order valence-electron chi connectivity index (χ1n) is 11.6. The van der Waals surface area contributed by atoms with Crippen molar-refractivity contribution in [2.24, 2.45) is 11.3 Å². The highest BCUT2D eigenvalue weighted by Crippen LogP contribution is 2.50. The Kier molecular flexibility index (Phi) is 6.26. The average Bonchev–Trinajstić information content (AvgIpc) is 3.32. The number of carbonyl (C=O) groups is 3. The molecule has 3 amide bonds. The van der Waals surface area contributed by atoms with Crippen molar-refractivity contribution in [3.05, 3.63) is 29.3 Å². The lowest BCUT2D eigenvalue weighted by atomic mass is 9.76. The van der Waals surface area contributed by atoms with Gasteiger partial charge in [-0.3, -0.25) is 14.8 Å². The molecule has 1 aromatic carbocycles. The molecule has 1 spiro atoms. The fourth-order valence-electron chi connectivity index (χ4n) is 5.38. The van der Waals surface area contributed by atoms with E-state index in [2.05, 4.69) is 0 Å². The van der Waals surface area contributed by atoms with Gasteiger partial charge >= 0.3 is 6.09 Å². The quantitative estimate of drug-likeness (QED) is 0.520. The van der Waals surface area contributed by atoms with Crippen molar-refractivity contribution in [2.45, 2.75) is 58.6 Å². The molecule has 0 bridgehead atoms. The smallest absolute Gasteiger partial charge is 0.410 e. The number of hydrogen-bond acceptors (Lipinski definition) is 6. The summed E-state index contributed by atoms with van der Waals surface area (Å²) in [7, 11) is 0. The second-order valence-electron chi connectivity index (χ2n) is 10.3. The van der Waals surface area contributed by atoms with Gasteiger partial charge in [0.25, 0.3) is 5.91 Å². The molecule has 2 atom stereocenters. The van der Waals surface area contributed by atoms with Crippen LogP contribution in [0.2, 0.25) is 0 Å². The number of rotatable bonds is 2. The monoisotopic (exact) mass is 459 g/mol. The van der Waals surface area contributed by atoms with Crippen LogP contribution in [0.15, 0.2) is 18.2 Å². The predicted molar refractivity (Wildman–Crippen MR) is 119 cm³/mol. The van der Waals surface area contributed by atoms with Crippen LogP contribution in [0.3, 0.4) is 0 Å². The van der Waals surface area contributed by atoms with Gasteiger partial charge in [-0.25, -0.2) is 10.3 Å². The predicted octanol–water partition coefficient (Wildman–Crippen LogP) is 2.95. The SMILES string of the molecule is CC(C)(C)OC(=O)N1CCC2(CCCC2C(=O)N2CCOc3cc(C(=O)NO)ccc3C2)C1. The Balaban J connectivity index is 1.47. The van der Waals surface area contributed by atoms with Gasteiger partial charge in [0.2, 0.25) is 5.91 Å². The molecular formula is C24H33N3O6. The molecule has 4 rings (SSSR count). The van der Waals surface area contributed by atoms with Gasteiger partial charge in [-0.15, -0.1) is 0 Å². The fraction of sp³-hybridized carbons (Fsp3) is 0.625. The third-order valence-electron chi connectivity index (χ3n) is 6.96. The number of carbonyl (C=O) groups excluding carboxylic acids is 3. The van der Waals surface area contributed by atoms with Crippen molar-refractivity contribution in [2.75, 3.05) is 26.2 Å². The Morgan fingerprint density at radius 3 is 2.70 bits per heavy atom. The summed E-state index contributed by atoms with van der Waals surface area (Å²) in [5.41, 5.74) is 1.99. The van der Waals surface area contributed by atoms with Gasteiger partial charge < -0.3 is 19.3 Å². The highest BCUT2D eigenvalue weighted by molar-refractivity contribution is 5.93. The van der Waals surface area contributed by atoms with Gasteiger partial charge in [0.1, 0.15) is 18.0 Å². The number of amides is 3. The summed E-state index contributed by atoms with van der Waals surface area (Å²) in [6, 6.07) is 4.95. The molecule has 0 radical (unpaired) electrons. The summed E-state index contributed by atoms with van der Waals surface area (Å²) in [6.45, 7) is 7.92. The second-order valence-corrected chi connectivity index (χ2v) is 10.3. The minimum absolute atomic E-state index is 0.104. The second kappa shape index (κ2) is 8.85. The first-order valence-corrected chi connectivity index (χ1v) is 11.6. The molecule has 1 aromatic rings. The molecule has 3 aliphatic rings. The van der Waals surface area contributed by atoms with E-state index >= 15 is 0 Å². The summed E-state index contributed by atoms with van der Waals surface area (Å²) in [4.78, 5) is 41.6. The molecule has 2 N–H and O–H groups in total. The zero-order chi connectivity index (χ0) is 23.8. The fourth-order valence-corrected chi connectivity index (χ4v) is 5.38. The van der Waals surface area contributed by atoms with Crippen LogP contribution in [-0.4, -0.2) is 64.8 Å². The van der Waals surface area contributed by atoms with Crippen LogP contribution in [0.4, 0.5) is 4.79 Å². The maximum Gasteiger partial charge on any atom is 0.410 e. The molecule has 2 aliphatic heterocycles. The van der Waals surface area contributed by atoms with Crippen molar-refractivity contribution in [1.29, 1.82) is 0 Å². The minimum Gasteiger partial charge on any atom is -0.491 e. The van der Waals surface area contributed by atoms with Crippen LogP contribution in [-0.2, 0) is 16.1 Å². The van der Waals surface area contributed by atoms with E-state index in [1.165, 1.54) is 0 Å². The van der Waals surface area contributed by atoms with E-state index in [0.717, 1.165) is 31.2 Å². The van der Waals surface area contributed by atoms with E-state index in [-0.39, 0.29) is 23.3 Å². The third kappa shape index (κ3) is 4.78. The van der Waals surface area contributed by atoms with Crippen LogP contribution in [0.1, 0.15) is 62.4 Å². The zero-order valence-corrected chi connectivity index (χ0v) is 19.6. The Morgan fingerprint density at radius 1 is 1.18 bits per heavy atom. The van der Waals surface area contributed by atoms with Gasteiger partial charge in [-0.05, 0) is 52.2 Å². The minimum atomic E-state index is -0.609. The molecule has 2 fully saturated rings. The van der Waals surface area contributed by atoms with Crippen molar-refractivity contribution < 1.29 is 29.1 Å². The number of fused-ring (bicyclic) bond motifs is 1. The van der Waals surface area contributed by atoms with Crippen LogP contribution >= 0.6 is 0 Å². The molecule has 1 saturated carbocycles. The normalized spacial score (nSPS) is 24.8. The van der Waals surface area contributed by atoms with Gasteiger partial charge in [-0.2, -0.15) is 0 Å². The Labute approximate surface area is 194 Å². The molecule has 1 saturated heterocycles. The molecule has 2 heterocycles. The molecule has 33 heavy (non-hydrogen) atoms. The number of likely N-dealkylation sites (tertiary alicyclic amines) is 1. The number of ether oxygens (including phenoxy) is 2. The molecule has 9 nitrogen and oxygen atoms in total. The number of nitrogens with zero attached hydrogens (tertiary/aromatic N) is 2. The van der Waals surface area contributed by atoms with E-state index in [9.17, 15) is 14.4 Å². The number of hydroxylamine groups is 1. The highest BCUT2D eigenvalue weighted by Gasteiger charge is 2.52. The Morgan fingerprint density at radius 2 is 1.97 bits per heavy atom. The van der Waals surface area contributed by atoms with Crippen molar-refractivity contribution in [1.82, 2.24) is 15.3 Å². The maximum atomic E-state index is 13.7. The van der Waals surface area contributed by atoms with E-state index in [1.54, 1.807) is 28.6 Å². The zero-order valence-electron chi connectivity index (χ0n) is 19.6. The largest absolute Gasteiger partial charge is 0.491 e. The van der Waals surface area contributed by atoms with Crippen LogP contribution < -0.4 is 10.2 Å². The summed E-state index contributed by atoms with van der Waals surface area (Å²) in [5.74, 6) is -0.0927. The van der Waals surface area contributed by atoms with Gasteiger partial charge in [0, 0.05) is 42.1 Å². The van der Waals surface area contributed by atoms with Crippen molar-refractivity contribution in [3.63, 3.8) is 0 Å². The average molecular weight is 460 g/mol. The molecular weight excluding hydrogens is 426 g/mol. The maximum absolute atomic E-state index is 13.7. The first-order chi connectivity index (χ1) is 15.6. The lowest BCUT2D eigenvalue weighted by Crippen LogP contribution is -2.44. The lowest BCUT2D eigenvalue weighted by molar-refractivity contribution is -0.139. The van der Waals surface area contributed by atoms with Crippen LogP contribution in [0.5, 0.6) is 5.75 Å². The topological polar surface area (TPSA) is 108 Å².